The number of benzene rings is 1. The van der Waals surface area contributed by atoms with E-state index in [0.29, 0.717) is 17.6 Å². The van der Waals surface area contributed by atoms with Gasteiger partial charge in [0.25, 0.3) is 0 Å². The van der Waals surface area contributed by atoms with Crippen LogP contribution in [0.5, 0.6) is 0 Å². The van der Waals surface area contributed by atoms with Crippen molar-refractivity contribution in [1.82, 2.24) is 15.0 Å². The van der Waals surface area contributed by atoms with Gasteiger partial charge < -0.3 is 5.73 Å². The Bertz CT molecular complexity index is 497. The van der Waals surface area contributed by atoms with E-state index in [1.54, 1.807) is 0 Å². The van der Waals surface area contributed by atoms with Gasteiger partial charge in [0.1, 0.15) is 5.82 Å². The van der Waals surface area contributed by atoms with Crippen molar-refractivity contribution in [3.8, 4) is 11.4 Å². The molecule has 88 valence electrons. The molecule has 2 rings (SSSR count). The third-order valence-electron chi connectivity index (χ3n) is 2.60. The lowest BCUT2D eigenvalue weighted by Gasteiger charge is -2.06. The van der Waals surface area contributed by atoms with E-state index in [1.807, 2.05) is 19.1 Å². The van der Waals surface area contributed by atoms with Gasteiger partial charge >= 0.3 is 0 Å². The molecule has 1 heterocycles. The normalized spacial score (nSPS) is 10.8. The number of hydrogen-bond donors (Lipinski definition) is 1. The predicted molar refractivity (Wildman–Crippen MR) is 68.5 cm³/mol. The van der Waals surface area contributed by atoms with Gasteiger partial charge in [-0.3, -0.25) is 0 Å². The summed E-state index contributed by atoms with van der Waals surface area (Å²) in [6.45, 7) is 6.14. The van der Waals surface area contributed by atoms with Crippen molar-refractivity contribution in [2.45, 2.75) is 26.7 Å². The Kier molecular flexibility index (Phi) is 3.04. The van der Waals surface area contributed by atoms with E-state index in [1.165, 1.54) is 5.56 Å². The van der Waals surface area contributed by atoms with Crippen molar-refractivity contribution >= 4 is 5.95 Å². The van der Waals surface area contributed by atoms with Gasteiger partial charge in [-0.1, -0.05) is 38.1 Å². The second-order valence-corrected chi connectivity index (χ2v) is 4.34. The van der Waals surface area contributed by atoms with Crippen LogP contribution in [0.4, 0.5) is 5.95 Å². The number of nitrogens with zero attached hydrogens (tertiary/aromatic N) is 3. The Morgan fingerprint density at radius 2 is 1.65 bits per heavy atom. The molecule has 0 aliphatic rings. The molecule has 0 aliphatic carbocycles. The minimum atomic E-state index is 0.264. The van der Waals surface area contributed by atoms with Crippen LogP contribution < -0.4 is 5.73 Å². The van der Waals surface area contributed by atoms with Crippen LogP contribution in [-0.2, 0) is 0 Å². The van der Waals surface area contributed by atoms with E-state index in [-0.39, 0.29) is 5.95 Å². The Hall–Kier alpha value is -1.97. The van der Waals surface area contributed by atoms with Crippen LogP contribution in [0.1, 0.15) is 31.2 Å². The fraction of sp³-hybridized carbons (Fsp3) is 0.308. The SMILES string of the molecule is Cc1nc(N)nc(-c2ccc(C(C)C)cc2)n1. The van der Waals surface area contributed by atoms with Gasteiger partial charge in [0.15, 0.2) is 5.82 Å². The first-order valence-corrected chi connectivity index (χ1v) is 5.65. The molecule has 0 unspecified atom stereocenters. The van der Waals surface area contributed by atoms with E-state index in [4.69, 9.17) is 5.73 Å². The van der Waals surface area contributed by atoms with Gasteiger partial charge in [0.2, 0.25) is 5.95 Å². The molecule has 0 amide bonds. The van der Waals surface area contributed by atoms with Crippen LogP contribution >= 0.6 is 0 Å². The fourth-order valence-corrected chi connectivity index (χ4v) is 1.65. The molecule has 4 nitrogen and oxygen atoms in total. The van der Waals surface area contributed by atoms with Crippen LogP contribution in [0.3, 0.4) is 0 Å². The highest BCUT2D eigenvalue weighted by Crippen LogP contribution is 2.20. The summed E-state index contributed by atoms with van der Waals surface area (Å²) in [5.74, 6) is 2.06. The number of nitrogens with two attached hydrogens (primary N) is 1. The molecule has 2 aromatic rings. The van der Waals surface area contributed by atoms with Crippen LogP contribution in [0, 0.1) is 6.92 Å². The second kappa shape index (κ2) is 4.49. The van der Waals surface area contributed by atoms with Gasteiger partial charge in [0, 0.05) is 5.56 Å². The molecule has 2 N–H and O–H groups in total. The van der Waals surface area contributed by atoms with Crippen LogP contribution in [0.2, 0.25) is 0 Å². The monoisotopic (exact) mass is 228 g/mol. The number of rotatable bonds is 2. The van der Waals surface area contributed by atoms with E-state index >= 15 is 0 Å². The quantitative estimate of drug-likeness (QED) is 0.857. The zero-order valence-corrected chi connectivity index (χ0v) is 10.3. The minimum absolute atomic E-state index is 0.264. The zero-order valence-electron chi connectivity index (χ0n) is 10.3. The largest absolute Gasteiger partial charge is 0.368 e. The molecule has 1 aromatic carbocycles. The smallest absolute Gasteiger partial charge is 0.223 e. The second-order valence-electron chi connectivity index (χ2n) is 4.34. The van der Waals surface area contributed by atoms with E-state index in [9.17, 15) is 0 Å². The predicted octanol–water partition coefficient (Wildman–Crippen LogP) is 2.55. The molecule has 4 heteroatoms. The topological polar surface area (TPSA) is 64.7 Å². The average Bonchev–Trinajstić information content (AvgIpc) is 2.28. The molecule has 0 fully saturated rings. The van der Waals surface area contributed by atoms with Gasteiger partial charge in [-0.25, -0.2) is 4.98 Å². The summed E-state index contributed by atoms with van der Waals surface area (Å²) in [4.78, 5) is 12.4. The maximum absolute atomic E-state index is 5.61. The first-order valence-electron chi connectivity index (χ1n) is 5.65. The van der Waals surface area contributed by atoms with E-state index < -0.39 is 0 Å². The summed E-state index contributed by atoms with van der Waals surface area (Å²) in [5.41, 5.74) is 7.88. The first kappa shape index (κ1) is 11.5. The summed E-state index contributed by atoms with van der Waals surface area (Å²) < 4.78 is 0. The Morgan fingerprint density at radius 1 is 1.00 bits per heavy atom. The molecule has 0 radical (unpaired) electrons. The zero-order chi connectivity index (χ0) is 12.4. The van der Waals surface area contributed by atoms with Crippen molar-refractivity contribution in [3.05, 3.63) is 35.7 Å². The summed E-state index contributed by atoms with van der Waals surface area (Å²) in [6, 6.07) is 8.22. The van der Waals surface area contributed by atoms with Crippen molar-refractivity contribution in [2.75, 3.05) is 5.73 Å². The number of hydrogen-bond acceptors (Lipinski definition) is 4. The molecule has 0 bridgehead atoms. The van der Waals surface area contributed by atoms with Crippen molar-refractivity contribution in [1.29, 1.82) is 0 Å². The number of aromatic nitrogens is 3. The average molecular weight is 228 g/mol. The summed E-state index contributed by atoms with van der Waals surface area (Å²) in [5, 5.41) is 0. The van der Waals surface area contributed by atoms with E-state index in [2.05, 4.69) is 40.9 Å². The Balaban J connectivity index is 2.39. The molecule has 0 spiro atoms. The lowest BCUT2D eigenvalue weighted by Crippen LogP contribution is -2.02. The molecule has 0 aliphatic heterocycles. The fourth-order valence-electron chi connectivity index (χ4n) is 1.65. The van der Waals surface area contributed by atoms with Gasteiger partial charge in [-0.2, -0.15) is 9.97 Å². The molecule has 0 saturated heterocycles. The van der Waals surface area contributed by atoms with Crippen LogP contribution in [0.15, 0.2) is 24.3 Å². The van der Waals surface area contributed by atoms with Crippen LogP contribution in [-0.4, -0.2) is 15.0 Å². The van der Waals surface area contributed by atoms with Crippen molar-refractivity contribution in [2.24, 2.45) is 0 Å². The maximum Gasteiger partial charge on any atom is 0.223 e. The molecule has 0 atom stereocenters. The summed E-state index contributed by atoms with van der Waals surface area (Å²) in [6.07, 6.45) is 0. The maximum atomic E-state index is 5.61. The molecular weight excluding hydrogens is 212 g/mol. The highest BCUT2D eigenvalue weighted by molar-refractivity contribution is 5.56. The lowest BCUT2D eigenvalue weighted by atomic mass is 10.0. The van der Waals surface area contributed by atoms with Crippen LogP contribution in [0.25, 0.3) is 11.4 Å². The standard InChI is InChI=1S/C13H16N4/c1-8(2)10-4-6-11(7-5-10)12-15-9(3)16-13(14)17-12/h4-8H,1-3H3,(H2,14,15,16,17). The molecule has 0 saturated carbocycles. The Morgan fingerprint density at radius 3 is 2.18 bits per heavy atom. The lowest BCUT2D eigenvalue weighted by molar-refractivity contribution is 0.866. The highest BCUT2D eigenvalue weighted by atomic mass is 15.1. The third-order valence-corrected chi connectivity index (χ3v) is 2.60. The van der Waals surface area contributed by atoms with Gasteiger partial charge in [-0.05, 0) is 18.4 Å². The number of anilines is 1. The summed E-state index contributed by atoms with van der Waals surface area (Å²) in [7, 11) is 0. The Labute approximate surface area is 101 Å². The van der Waals surface area contributed by atoms with E-state index in [0.717, 1.165) is 5.56 Å². The van der Waals surface area contributed by atoms with Gasteiger partial charge in [-0.15, -0.1) is 0 Å². The van der Waals surface area contributed by atoms with Crippen molar-refractivity contribution < 1.29 is 0 Å². The number of nitrogen functional groups attached to an aromatic ring is 1. The van der Waals surface area contributed by atoms with Gasteiger partial charge in [0.05, 0.1) is 0 Å². The highest BCUT2D eigenvalue weighted by Gasteiger charge is 2.05. The molecular formula is C13H16N4. The minimum Gasteiger partial charge on any atom is -0.368 e. The molecule has 1 aromatic heterocycles. The summed E-state index contributed by atoms with van der Waals surface area (Å²) >= 11 is 0. The van der Waals surface area contributed by atoms with Crippen molar-refractivity contribution in [3.63, 3.8) is 0 Å². The third kappa shape index (κ3) is 2.58. The first-order chi connectivity index (χ1) is 8.06. The number of aryl methyl sites for hydroxylation is 1. The molecule has 17 heavy (non-hydrogen) atoms.